The van der Waals surface area contributed by atoms with E-state index in [1.165, 1.54) is 0 Å². The average molecular weight is 465 g/mol. The highest BCUT2D eigenvalue weighted by molar-refractivity contribution is 6.30. The maximum absolute atomic E-state index is 13.2. The fourth-order valence-electron chi connectivity index (χ4n) is 4.02. The van der Waals surface area contributed by atoms with Crippen LogP contribution in [0.15, 0.2) is 53.3 Å². The van der Waals surface area contributed by atoms with Crippen molar-refractivity contribution in [2.45, 2.75) is 53.1 Å². The first-order valence-corrected chi connectivity index (χ1v) is 11.8. The Bertz CT molecular complexity index is 1260. The summed E-state index contributed by atoms with van der Waals surface area (Å²) in [5, 5.41) is 14.8. The van der Waals surface area contributed by atoms with Gasteiger partial charge in [-0.2, -0.15) is 0 Å². The molecule has 7 nitrogen and oxygen atoms in total. The monoisotopic (exact) mass is 464 g/mol. The number of hydrogen-bond donors (Lipinski definition) is 1. The molecule has 0 aliphatic rings. The molecule has 4 rings (SSSR count). The van der Waals surface area contributed by atoms with Gasteiger partial charge < -0.3 is 0 Å². The molecule has 0 fully saturated rings. The van der Waals surface area contributed by atoms with Crippen molar-refractivity contribution < 1.29 is 0 Å². The second kappa shape index (κ2) is 10.2. The van der Waals surface area contributed by atoms with Crippen molar-refractivity contribution in [1.29, 1.82) is 0 Å². The number of halogens is 1. The second-order valence-electron chi connectivity index (χ2n) is 8.68. The summed E-state index contributed by atoms with van der Waals surface area (Å²) in [6.45, 7) is 7.55. The van der Waals surface area contributed by atoms with Crippen LogP contribution in [0.4, 0.5) is 0 Å². The number of tetrazole rings is 1. The third-order valence-corrected chi connectivity index (χ3v) is 6.23. The van der Waals surface area contributed by atoms with Gasteiger partial charge in [0.05, 0.1) is 12.2 Å². The fraction of sp³-hybridized carbons (Fsp3) is 0.360. The van der Waals surface area contributed by atoms with E-state index >= 15 is 0 Å². The van der Waals surface area contributed by atoms with E-state index in [1.807, 2.05) is 28.8 Å². The first-order chi connectivity index (χ1) is 16.0. The van der Waals surface area contributed by atoms with Crippen LogP contribution >= 0.6 is 11.6 Å². The normalized spacial score (nSPS) is 11.4. The molecule has 4 aromatic rings. The minimum absolute atomic E-state index is 0.0312. The van der Waals surface area contributed by atoms with Crippen molar-refractivity contribution in [3.05, 3.63) is 75.4 Å². The first-order valence-electron chi connectivity index (χ1n) is 11.4. The molecule has 8 heteroatoms. The molecular formula is C25H29ClN6O. The SMILES string of the molecule is CCCc1c(Cl)n(CCC(C)C)c(=O)n1Cc1ccc(-c2ccccc2-c2nnn[nH]2)cc1. The number of benzene rings is 2. The highest BCUT2D eigenvalue weighted by Crippen LogP contribution is 2.30. The zero-order chi connectivity index (χ0) is 23.4. The summed E-state index contributed by atoms with van der Waals surface area (Å²) in [5.41, 5.74) is 4.96. The first kappa shape index (κ1) is 23.0. The Labute approximate surface area is 198 Å². The zero-order valence-corrected chi connectivity index (χ0v) is 20.0. The summed E-state index contributed by atoms with van der Waals surface area (Å²) in [6.07, 6.45) is 2.63. The molecule has 0 atom stereocenters. The number of aromatic amines is 1. The Morgan fingerprint density at radius 1 is 1.03 bits per heavy atom. The largest absolute Gasteiger partial charge is 0.329 e. The Morgan fingerprint density at radius 2 is 1.76 bits per heavy atom. The molecule has 0 spiro atoms. The van der Waals surface area contributed by atoms with Crippen LogP contribution in [0.3, 0.4) is 0 Å². The maximum atomic E-state index is 13.2. The fourth-order valence-corrected chi connectivity index (χ4v) is 4.37. The van der Waals surface area contributed by atoms with E-state index in [0.717, 1.165) is 47.2 Å². The van der Waals surface area contributed by atoms with Crippen LogP contribution in [-0.4, -0.2) is 29.8 Å². The van der Waals surface area contributed by atoms with Gasteiger partial charge in [-0.05, 0) is 45.9 Å². The summed E-state index contributed by atoms with van der Waals surface area (Å²) >= 11 is 6.66. The van der Waals surface area contributed by atoms with E-state index in [2.05, 4.69) is 65.7 Å². The van der Waals surface area contributed by atoms with E-state index in [4.69, 9.17) is 11.6 Å². The van der Waals surface area contributed by atoms with Gasteiger partial charge in [0.15, 0.2) is 5.82 Å². The highest BCUT2D eigenvalue weighted by Gasteiger charge is 2.18. The predicted molar refractivity (Wildman–Crippen MR) is 131 cm³/mol. The smallest absolute Gasteiger partial charge is 0.290 e. The number of aromatic nitrogens is 6. The zero-order valence-electron chi connectivity index (χ0n) is 19.3. The Morgan fingerprint density at radius 3 is 2.39 bits per heavy atom. The third-order valence-electron chi connectivity index (χ3n) is 5.81. The second-order valence-corrected chi connectivity index (χ2v) is 9.04. The lowest BCUT2D eigenvalue weighted by molar-refractivity contribution is 0.503. The lowest BCUT2D eigenvalue weighted by Crippen LogP contribution is -2.26. The molecular weight excluding hydrogens is 436 g/mol. The molecule has 0 aliphatic carbocycles. The number of nitrogens with zero attached hydrogens (tertiary/aromatic N) is 5. The van der Waals surface area contributed by atoms with Crippen LogP contribution in [0.25, 0.3) is 22.5 Å². The standard InChI is InChI=1S/C25H29ClN6O/c1-4-7-22-23(26)31(15-14-17(2)3)25(33)32(22)16-18-10-12-19(13-11-18)20-8-5-6-9-21(20)24-27-29-30-28-24/h5-6,8-13,17H,4,7,14-16H2,1-3H3,(H,27,28,29,30). The number of nitrogens with one attached hydrogen (secondary N) is 1. The number of rotatable bonds is 9. The highest BCUT2D eigenvalue weighted by atomic mass is 35.5. The van der Waals surface area contributed by atoms with Gasteiger partial charge in [0, 0.05) is 12.1 Å². The van der Waals surface area contributed by atoms with Crippen LogP contribution in [-0.2, 0) is 19.5 Å². The average Bonchev–Trinajstić information content (AvgIpc) is 3.42. The Kier molecular flexibility index (Phi) is 7.08. The van der Waals surface area contributed by atoms with E-state index in [-0.39, 0.29) is 5.69 Å². The van der Waals surface area contributed by atoms with Crippen LogP contribution < -0.4 is 5.69 Å². The van der Waals surface area contributed by atoms with Crippen molar-refractivity contribution in [3.63, 3.8) is 0 Å². The van der Waals surface area contributed by atoms with Crippen molar-refractivity contribution in [2.75, 3.05) is 0 Å². The van der Waals surface area contributed by atoms with Crippen molar-refractivity contribution >= 4 is 11.6 Å². The van der Waals surface area contributed by atoms with Gasteiger partial charge in [-0.1, -0.05) is 87.3 Å². The van der Waals surface area contributed by atoms with E-state index in [9.17, 15) is 4.79 Å². The topological polar surface area (TPSA) is 81.4 Å². The summed E-state index contributed by atoms with van der Waals surface area (Å²) in [6, 6.07) is 16.3. The minimum atomic E-state index is -0.0312. The molecule has 0 unspecified atom stereocenters. The lowest BCUT2D eigenvalue weighted by atomic mass is 9.98. The molecule has 0 amide bonds. The van der Waals surface area contributed by atoms with Gasteiger partial charge in [0.2, 0.25) is 0 Å². The number of H-pyrrole nitrogens is 1. The van der Waals surface area contributed by atoms with Crippen molar-refractivity contribution in [2.24, 2.45) is 5.92 Å². The number of imidazole rings is 1. The van der Waals surface area contributed by atoms with Gasteiger partial charge in [-0.15, -0.1) is 5.10 Å². The molecule has 2 aromatic carbocycles. The van der Waals surface area contributed by atoms with Gasteiger partial charge >= 0.3 is 5.69 Å². The van der Waals surface area contributed by atoms with E-state index in [1.54, 1.807) is 4.57 Å². The summed E-state index contributed by atoms with van der Waals surface area (Å²) in [7, 11) is 0. The number of hydrogen-bond acceptors (Lipinski definition) is 4. The third kappa shape index (κ3) is 4.93. The maximum Gasteiger partial charge on any atom is 0.329 e. The van der Waals surface area contributed by atoms with E-state index in [0.29, 0.717) is 30.0 Å². The minimum Gasteiger partial charge on any atom is -0.290 e. The van der Waals surface area contributed by atoms with Crippen molar-refractivity contribution in [3.8, 4) is 22.5 Å². The molecule has 0 saturated carbocycles. The molecule has 2 aromatic heterocycles. The molecule has 172 valence electrons. The Hall–Kier alpha value is -3.19. The van der Waals surface area contributed by atoms with Crippen LogP contribution in [0.5, 0.6) is 0 Å². The summed E-state index contributed by atoms with van der Waals surface area (Å²) < 4.78 is 3.55. The molecule has 1 N–H and O–H groups in total. The lowest BCUT2D eigenvalue weighted by Gasteiger charge is -2.10. The van der Waals surface area contributed by atoms with Crippen molar-refractivity contribution in [1.82, 2.24) is 29.8 Å². The summed E-state index contributed by atoms with van der Waals surface area (Å²) in [4.78, 5) is 13.2. The van der Waals surface area contributed by atoms with Gasteiger partial charge in [-0.3, -0.25) is 9.13 Å². The van der Waals surface area contributed by atoms with Crippen LogP contribution in [0.2, 0.25) is 5.15 Å². The molecule has 2 heterocycles. The van der Waals surface area contributed by atoms with Crippen LogP contribution in [0, 0.1) is 5.92 Å². The van der Waals surface area contributed by atoms with Gasteiger partial charge in [0.25, 0.3) is 0 Å². The van der Waals surface area contributed by atoms with Crippen LogP contribution in [0.1, 0.15) is 44.9 Å². The molecule has 0 saturated heterocycles. The Balaban J connectivity index is 1.63. The van der Waals surface area contributed by atoms with Gasteiger partial charge in [0.1, 0.15) is 5.15 Å². The molecule has 0 radical (unpaired) electrons. The predicted octanol–water partition coefficient (Wildman–Crippen LogP) is 5.20. The quantitative estimate of drug-likeness (QED) is 0.369. The summed E-state index contributed by atoms with van der Waals surface area (Å²) in [5.74, 6) is 1.14. The molecule has 0 bridgehead atoms. The van der Waals surface area contributed by atoms with Gasteiger partial charge in [-0.25, -0.2) is 9.89 Å². The molecule has 0 aliphatic heterocycles. The molecule has 33 heavy (non-hydrogen) atoms. The van der Waals surface area contributed by atoms with E-state index < -0.39 is 0 Å².